The number of hydrogen-bond acceptors (Lipinski definition) is 2. The Morgan fingerprint density at radius 1 is 1.00 bits per heavy atom. The molecular weight excluding hydrogens is 373 g/mol. The van der Waals surface area contributed by atoms with Crippen LogP contribution in [0.4, 0.5) is 4.39 Å². The molecule has 0 aromatic heterocycles. The summed E-state index contributed by atoms with van der Waals surface area (Å²) in [6.45, 7) is 2.86. The van der Waals surface area contributed by atoms with Gasteiger partial charge in [-0.2, -0.15) is 5.26 Å². The first-order valence-corrected chi connectivity index (χ1v) is 12.5. The fourth-order valence-corrected chi connectivity index (χ4v) is 6.02. The fraction of sp³-hybridized carbons (Fsp3) is 0.741. The number of benzene rings is 1. The van der Waals surface area contributed by atoms with E-state index < -0.39 is 5.82 Å². The predicted octanol–water partition coefficient (Wildman–Crippen LogP) is 8.05. The molecule has 1 aromatic rings. The lowest BCUT2D eigenvalue weighted by molar-refractivity contribution is 0.100. The summed E-state index contributed by atoms with van der Waals surface area (Å²) in [5.41, 5.74) is 0.338. The Balaban J connectivity index is 1.41. The Kier molecular flexibility index (Phi) is 9.50. The first-order chi connectivity index (χ1) is 14.7. The van der Waals surface area contributed by atoms with Crippen LogP contribution in [0.2, 0.25) is 0 Å². The number of halogens is 1. The number of nitriles is 1. The molecule has 0 spiro atoms. The van der Waals surface area contributed by atoms with Crippen LogP contribution in [-0.2, 0) is 0 Å². The predicted molar refractivity (Wildman–Crippen MR) is 121 cm³/mol. The molecule has 2 aliphatic rings. The standard InChI is InChI=1S/C27H40FNO/c1-2-3-4-8-21-12-15-24(16-13-21)25-11-6-5-9-23(25)10-7-18-30-27-17-14-22(20-29)19-26(27)28/h14,17,19,21,23-25H,2-13,15-16,18H2,1H3. The molecule has 0 N–H and O–H groups in total. The molecule has 2 unspecified atom stereocenters. The van der Waals surface area contributed by atoms with Gasteiger partial charge >= 0.3 is 0 Å². The maximum atomic E-state index is 14.0. The van der Waals surface area contributed by atoms with Crippen molar-refractivity contribution in [3.8, 4) is 11.8 Å². The van der Waals surface area contributed by atoms with Crippen molar-refractivity contribution in [1.82, 2.24) is 0 Å². The highest BCUT2D eigenvalue weighted by atomic mass is 19.1. The van der Waals surface area contributed by atoms with Gasteiger partial charge in [-0.15, -0.1) is 0 Å². The van der Waals surface area contributed by atoms with Crippen molar-refractivity contribution in [2.75, 3.05) is 6.61 Å². The monoisotopic (exact) mass is 413 g/mol. The van der Waals surface area contributed by atoms with Crippen LogP contribution in [0.1, 0.15) is 102 Å². The number of hydrogen-bond donors (Lipinski definition) is 0. The summed E-state index contributed by atoms with van der Waals surface area (Å²) in [5.74, 6) is 3.51. The minimum Gasteiger partial charge on any atom is -0.491 e. The Hall–Kier alpha value is -1.56. The van der Waals surface area contributed by atoms with Gasteiger partial charge in [0.25, 0.3) is 0 Å². The second-order valence-corrected chi connectivity index (χ2v) is 9.73. The van der Waals surface area contributed by atoms with Gasteiger partial charge in [-0.25, -0.2) is 4.39 Å². The zero-order valence-electron chi connectivity index (χ0n) is 18.9. The minimum absolute atomic E-state index is 0.274. The highest BCUT2D eigenvalue weighted by Crippen LogP contribution is 2.45. The van der Waals surface area contributed by atoms with Gasteiger partial charge < -0.3 is 4.74 Å². The quantitative estimate of drug-likeness (QED) is 0.363. The van der Waals surface area contributed by atoms with Gasteiger partial charge in [-0.05, 0) is 74.0 Å². The molecule has 0 bridgehead atoms. The number of rotatable bonds is 10. The van der Waals surface area contributed by atoms with Crippen LogP contribution in [0.5, 0.6) is 5.75 Å². The molecule has 3 heteroatoms. The van der Waals surface area contributed by atoms with Gasteiger partial charge in [0, 0.05) is 0 Å². The van der Waals surface area contributed by atoms with Gasteiger partial charge in [0.15, 0.2) is 11.6 Å². The van der Waals surface area contributed by atoms with E-state index >= 15 is 0 Å². The van der Waals surface area contributed by atoms with E-state index in [0.29, 0.717) is 12.2 Å². The maximum Gasteiger partial charge on any atom is 0.166 e. The molecule has 2 fully saturated rings. The Labute approximate surface area is 183 Å². The summed E-state index contributed by atoms with van der Waals surface area (Å²) < 4.78 is 19.7. The number of ether oxygens (including phenoxy) is 1. The van der Waals surface area contributed by atoms with Gasteiger partial charge in [0.2, 0.25) is 0 Å². The van der Waals surface area contributed by atoms with E-state index in [2.05, 4.69) is 6.92 Å². The Morgan fingerprint density at radius 2 is 1.80 bits per heavy atom. The first-order valence-electron chi connectivity index (χ1n) is 12.5. The van der Waals surface area contributed by atoms with Crippen molar-refractivity contribution >= 4 is 0 Å². The molecule has 0 saturated heterocycles. The van der Waals surface area contributed by atoms with E-state index in [1.807, 2.05) is 6.07 Å². The third kappa shape index (κ3) is 6.73. The molecule has 2 atom stereocenters. The summed E-state index contributed by atoms with van der Waals surface area (Å²) in [5, 5.41) is 8.85. The summed E-state index contributed by atoms with van der Waals surface area (Å²) >= 11 is 0. The summed E-state index contributed by atoms with van der Waals surface area (Å²) in [6, 6.07) is 6.41. The average molecular weight is 414 g/mol. The second-order valence-electron chi connectivity index (χ2n) is 9.73. The summed E-state index contributed by atoms with van der Waals surface area (Å²) in [4.78, 5) is 0. The van der Waals surface area contributed by atoms with Crippen LogP contribution >= 0.6 is 0 Å². The molecule has 0 radical (unpaired) electrons. The molecular formula is C27H40FNO. The van der Waals surface area contributed by atoms with Gasteiger partial charge in [0.1, 0.15) is 0 Å². The number of nitrogens with zero attached hydrogens (tertiary/aromatic N) is 1. The van der Waals surface area contributed by atoms with Crippen molar-refractivity contribution in [3.63, 3.8) is 0 Å². The Bertz CT molecular complexity index is 674. The molecule has 1 aromatic carbocycles. The maximum absolute atomic E-state index is 14.0. The Morgan fingerprint density at radius 3 is 2.53 bits per heavy atom. The van der Waals surface area contributed by atoms with Crippen LogP contribution in [0.15, 0.2) is 18.2 Å². The van der Waals surface area contributed by atoms with Crippen molar-refractivity contribution in [2.45, 2.75) is 96.8 Å². The van der Waals surface area contributed by atoms with E-state index in [1.165, 1.54) is 89.5 Å². The lowest BCUT2D eigenvalue weighted by Crippen LogP contribution is -2.30. The SMILES string of the molecule is CCCCCC1CCC(C2CCCCC2CCCOc2ccc(C#N)cc2F)CC1. The topological polar surface area (TPSA) is 33.0 Å². The van der Waals surface area contributed by atoms with Crippen molar-refractivity contribution in [1.29, 1.82) is 5.26 Å². The number of unbranched alkanes of at least 4 members (excludes halogenated alkanes) is 2. The summed E-state index contributed by atoms with van der Waals surface area (Å²) in [6.07, 6.45) is 19.2. The third-order valence-electron chi connectivity index (χ3n) is 7.72. The molecule has 3 rings (SSSR count). The van der Waals surface area contributed by atoms with Crippen molar-refractivity contribution in [3.05, 3.63) is 29.6 Å². The van der Waals surface area contributed by atoms with Crippen molar-refractivity contribution < 1.29 is 9.13 Å². The van der Waals surface area contributed by atoms with E-state index in [9.17, 15) is 4.39 Å². The van der Waals surface area contributed by atoms with Gasteiger partial charge in [0.05, 0.1) is 18.2 Å². The molecule has 166 valence electrons. The summed E-state index contributed by atoms with van der Waals surface area (Å²) in [7, 11) is 0. The van der Waals surface area contributed by atoms with E-state index in [0.717, 1.165) is 30.1 Å². The van der Waals surface area contributed by atoms with Crippen molar-refractivity contribution in [2.24, 2.45) is 23.7 Å². The molecule has 2 nitrogen and oxygen atoms in total. The second kappa shape index (κ2) is 12.3. The smallest absolute Gasteiger partial charge is 0.166 e. The largest absolute Gasteiger partial charge is 0.491 e. The molecule has 0 amide bonds. The van der Waals surface area contributed by atoms with Crippen LogP contribution in [0.25, 0.3) is 0 Å². The third-order valence-corrected chi connectivity index (χ3v) is 7.72. The zero-order chi connectivity index (χ0) is 21.2. The average Bonchev–Trinajstić information content (AvgIpc) is 2.78. The van der Waals surface area contributed by atoms with Crippen LogP contribution < -0.4 is 4.74 Å². The minimum atomic E-state index is -0.430. The molecule has 0 heterocycles. The van der Waals surface area contributed by atoms with Crippen LogP contribution in [0, 0.1) is 40.8 Å². The molecule has 2 aliphatic carbocycles. The van der Waals surface area contributed by atoms with Gasteiger partial charge in [-0.3, -0.25) is 0 Å². The molecule has 30 heavy (non-hydrogen) atoms. The van der Waals surface area contributed by atoms with E-state index in [-0.39, 0.29) is 5.75 Å². The molecule has 0 aliphatic heterocycles. The lowest BCUT2D eigenvalue weighted by Gasteiger charge is -2.41. The van der Waals surface area contributed by atoms with Gasteiger partial charge in [-0.1, -0.05) is 64.7 Å². The van der Waals surface area contributed by atoms with E-state index in [1.54, 1.807) is 12.1 Å². The first kappa shape index (κ1) is 23.1. The van der Waals surface area contributed by atoms with E-state index in [4.69, 9.17) is 10.00 Å². The van der Waals surface area contributed by atoms with Crippen LogP contribution in [0.3, 0.4) is 0 Å². The highest BCUT2D eigenvalue weighted by molar-refractivity contribution is 5.35. The zero-order valence-corrected chi connectivity index (χ0v) is 18.9. The molecule has 2 saturated carbocycles. The lowest BCUT2D eigenvalue weighted by atomic mass is 9.65. The van der Waals surface area contributed by atoms with Crippen LogP contribution in [-0.4, -0.2) is 6.61 Å². The normalized spacial score (nSPS) is 26.8. The fourth-order valence-electron chi connectivity index (χ4n) is 6.02. The highest BCUT2D eigenvalue weighted by Gasteiger charge is 2.33.